The highest BCUT2D eigenvalue weighted by molar-refractivity contribution is 6.06. The molecule has 0 aliphatic carbocycles. The summed E-state index contributed by atoms with van der Waals surface area (Å²) in [7, 11) is 0. The molecule has 0 aliphatic rings. The van der Waals surface area contributed by atoms with Gasteiger partial charge in [-0.25, -0.2) is 0 Å². The van der Waals surface area contributed by atoms with Crippen LogP contribution >= 0.6 is 0 Å². The van der Waals surface area contributed by atoms with Crippen LogP contribution in [-0.2, 0) is 0 Å². The van der Waals surface area contributed by atoms with Gasteiger partial charge in [0.25, 0.3) is 0 Å². The Kier molecular flexibility index (Phi) is 4.95. The maximum atomic E-state index is 11.8. The molecule has 0 saturated heterocycles. The van der Waals surface area contributed by atoms with Crippen LogP contribution in [0.15, 0.2) is 60.2 Å². The van der Waals surface area contributed by atoms with E-state index in [1.165, 1.54) is 12.1 Å². The van der Waals surface area contributed by atoms with Crippen molar-refractivity contribution in [1.29, 1.82) is 0 Å². The topological polar surface area (TPSA) is 37.3 Å². The number of ketones is 1. The minimum absolute atomic E-state index is 0.00946. The largest absolute Gasteiger partial charge is 0.507 e. The highest BCUT2D eigenvalue weighted by atomic mass is 16.3. The van der Waals surface area contributed by atoms with E-state index in [9.17, 15) is 9.90 Å². The van der Waals surface area contributed by atoms with E-state index in [-0.39, 0.29) is 11.5 Å². The molecule has 1 aromatic rings. The van der Waals surface area contributed by atoms with Crippen LogP contribution in [0.1, 0.15) is 24.2 Å². The van der Waals surface area contributed by atoms with Crippen LogP contribution in [-0.4, -0.2) is 10.9 Å². The lowest BCUT2D eigenvalue weighted by Crippen LogP contribution is -1.94. The molecule has 2 nitrogen and oxygen atoms in total. The molecule has 1 N–H and O–H groups in total. The van der Waals surface area contributed by atoms with Crippen molar-refractivity contribution in [2.45, 2.75) is 13.8 Å². The molecule has 0 fully saturated rings. The number of phenolic OH excluding ortho intramolecular Hbond substituents is 1. The number of aromatic hydroxyl groups is 1. The highest BCUT2D eigenvalue weighted by Crippen LogP contribution is 2.16. The third-order valence-corrected chi connectivity index (χ3v) is 2.29. The van der Waals surface area contributed by atoms with Crippen LogP contribution in [0.5, 0.6) is 5.75 Å². The van der Waals surface area contributed by atoms with Gasteiger partial charge < -0.3 is 5.11 Å². The molecule has 0 atom stereocenters. The first kappa shape index (κ1) is 13.0. The highest BCUT2D eigenvalue weighted by Gasteiger charge is 2.05. The Hall–Kier alpha value is -2.09. The van der Waals surface area contributed by atoms with Crippen molar-refractivity contribution in [3.63, 3.8) is 0 Å². The van der Waals surface area contributed by atoms with Gasteiger partial charge >= 0.3 is 0 Å². The zero-order chi connectivity index (χ0) is 12.7. The van der Waals surface area contributed by atoms with Crippen molar-refractivity contribution in [1.82, 2.24) is 0 Å². The Morgan fingerprint density at radius 3 is 2.41 bits per heavy atom. The van der Waals surface area contributed by atoms with Crippen molar-refractivity contribution in [3.05, 3.63) is 65.8 Å². The van der Waals surface area contributed by atoms with Crippen molar-refractivity contribution in [3.8, 4) is 5.75 Å². The zero-order valence-electron chi connectivity index (χ0n) is 10.1. The molecular weight excluding hydrogens is 212 g/mol. The third-order valence-electron chi connectivity index (χ3n) is 2.29. The van der Waals surface area contributed by atoms with Gasteiger partial charge in [0.15, 0.2) is 5.78 Å². The monoisotopic (exact) mass is 228 g/mol. The zero-order valence-corrected chi connectivity index (χ0v) is 10.1. The van der Waals surface area contributed by atoms with Crippen molar-refractivity contribution in [2.24, 2.45) is 0 Å². The SMILES string of the molecule is C\C=C/C(/C=C/C(=O)c1ccccc1O)=C\C. The number of allylic oxidation sites excluding steroid dienone is 6. The van der Waals surface area contributed by atoms with Crippen molar-refractivity contribution in [2.75, 3.05) is 0 Å². The molecule has 1 rings (SSSR count). The number of rotatable bonds is 4. The van der Waals surface area contributed by atoms with Gasteiger partial charge in [-0.2, -0.15) is 0 Å². The van der Waals surface area contributed by atoms with Gasteiger partial charge in [0.05, 0.1) is 5.56 Å². The number of hydrogen-bond donors (Lipinski definition) is 1. The predicted octanol–water partition coefficient (Wildman–Crippen LogP) is 3.65. The fourth-order valence-corrected chi connectivity index (χ4v) is 1.38. The summed E-state index contributed by atoms with van der Waals surface area (Å²) in [6.07, 6.45) is 8.92. The number of hydrogen-bond acceptors (Lipinski definition) is 2. The summed E-state index contributed by atoms with van der Waals surface area (Å²) in [6.45, 7) is 3.83. The van der Waals surface area contributed by atoms with E-state index >= 15 is 0 Å². The molecule has 0 heterocycles. The lowest BCUT2D eigenvalue weighted by Gasteiger charge is -1.99. The molecule has 0 aromatic heterocycles. The maximum absolute atomic E-state index is 11.8. The van der Waals surface area contributed by atoms with E-state index in [4.69, 9.17) is 0 Å². The molecule has 0 radical (unpaired) electrons. The summed E-state index contributed by atoms with van der Waals surface area (Å²) < 4.78 is 0. The third kappa shape index (κ3) is 3.76. The fraction of sp³-hybridized carbons (Fsp3) is 0.133. The van der Waals surface area contributed by atoms with Gasteiger partial charge in [-0.1, -0.05) is 36.4 Å². The molecule has 1 aromatic carbocycles. The molecule has 88 valence electrons. The van der Waals surface area contributed by atoms with E-state index in [0.29, 0.717) is 5.56 Å². The van der Waals surface area contributed by atoms with E-state index in [0.717, 1.165) is 5.57 Å². The van der Waals surface area contributed by atoms with Crippen molar-refractivity contribution < 1.29 is 9.90 Å². The van der Waals surface area contributed by atoms with E-state index in [1.54, 1.807) is 24.3 Å². The Morgan fingerprint density at radius 1 is 1.12 bits per heavy atom. The molecular formula is C15H16O2. The molecule has 0 aliphatic heterocycles. The minimum atomic E-state index is -0.202. The molecule has 2 heteroatoms. The van der Waals surface area contributed by atoms with Gasteiger partial charge in [0, 0.05) is 0 Å². The molecule has 0 spiro atoms. The number of phenols is 1. The first-order valence-electron chi connectivity index (χ1n) is 5.48. The smallest absolute Gasteiger partial charge is 0.189 e. The number of carbonyl (C=O) groups is 1. The molecule has 0 saturated carbocycles. The van der Waals surface area contributed by atoms with Gasteiger partial charge in [-0.3, -0.25) is 4.79 Å². The average molecular weight is 228 g/mol. The Bertz CT molecular complexity index is 479. The van der Waals surface area contributed by atoms with Crippen LogP contribution in [0.3, 0.4) is 0 Å². The van der Waals surface area contributed by atoms with Gasteiger partial charge in [-0.15, -0.1) is 0 Å². The summed E-state index contributed by atoms with van der Waals surface area (Å²) in [5.74, 6) is -0.192. The summed E-state index contributed by atoms with van der Waals surface area (Å²) in [5.41, 5.74) is 1.27. The normalized spacial score (nSPS) is 12.5. The van der Waals surface area contributed by atoms with Gasteiger partial charge in [0.2, 0.25) is 0 Å². The second kappa shape index (κ2) is 6.48. The Balaban J connectivity index is 2.87. The average Bonchev–Trinajstić information content (AvgIpc) is 2.34. The first-order valence-corrected chi connectivity index (χ1v) is 5.48. The summed E-state index contributed by atoms with van der Waals surface area (Å²) in [5, 5.41) is 9.52. The Labute approximate surface area is 102 Å². The fourth-order valence-electron chi connectivity index (χ4n) is 1.38. The molecule has 17 heavy (non-hydrogen) atoms. The molecule has 0 bridgehead atoms. The van der Waals surface area contributed by atoms with Gasteiger partial charge in [-0.05, 0) is 37.6 Å². The predicted molar refractivity (Wildman–Crippen MR) is 70.1 cm³/mol. The second-order valence-corrected chi connectivity index (χ2v) is 3.50. The van der Waals surface area contributed by atoms with E-state index in [1.807, 2.05) is 32.1 Å². The molecule has 0 unspecified atom stereocenters. The molecule has 0 amide bonds. The summed E-state index contributed by atoms with van der Waals surface area (Å²) in [4.78, 5) is 11.8. The van der Waals surface area contributed by atoms with Crippen molar-refractivity contribution >= 4 is 5.78 Å². The van der Waals surface area contributed by atoms with Crippen LogP contribution in [0.4, 0.5) is 0 Å². The van der Waals surface area contributed by atoms with Gasteiger partial charge in [0.1, 0.15) is 5.75 Å². The second-order valence-electron chi connectivity index (χ2n) is 3.50. The number of benzene rings is 1. The van der Waals surface area contributed by atoms with Crippen LogP contribution in [0, 0.1) is 0 Å². The lowest BCUT2D eigenvalue weighted by atomic mass is 10.1. The van der Waals surface area contributed by atoms with Crippen LogP contribution in [0.25, 0.3) is 0 Å². The Morgan fingerprint density at radius 2 is 1.82 bits per heavy atom. The maximum Gasteiger partial charge on any atom is 0.189 e. The lowest BCUT2D eigenvalue weighted by molar-refractivity contribution is 0.104. The standard InChI is InChI=1S/C15H16O2/c1-3-7-12(4-2)10-11-15(17)13-8-5-6-9-14(13)16/h3-11,16H,1-2H3/b7-3-,11-10+,12-4+. The van der Waals surface area contributed by atoms with E-state index < -0.39 is 0 Å². The quantitative estimate of drug-likeness (QED) is 0.485. The summed E-state index contributed by atoms with van der Waals surface area (Å²) in [6, 6.07) is 6.52. The van der Waals surface area contributed by atoms with Crippen LogP contribution in [0.2, 0.25) is 0 Å². The number of carbonyl (C=O) groups excluding carboxylic acids is 1. The van der Waals surface area contributed by atoms with E-state index in [2.05, 4.69) is 0 Å². The minimum Gasteiger partial charge on any atom is -0.507 e. The first-order chi connectivity index (χ1) is 8.19. The summed E-state index contributed by atoms with van der Waals surface area (Å²) >= 11 is 0. The number of para-hydroxylation sites is 1. The van der Waals surface area contributed by atoms with Crippen LogP contribution < -0.4 is 0 Å².